The van der Waals surface area contributed by atoms with Crippen molar-refractivity contribution in [2.75, 3.05) is 6.54 Å². The number of rotatable bonds is 2. The first-order valence-electron chi connectivity index (χ1n) is 8.60. The summed E-state index contributed by atoms with van der Waals surface area (Å²) < 4.78 is 5.36. The number of hydrogen-bond donors (Lipinski definition) is 0. The van der Waals surface area contributed by atoms with Crippen molar-refractivity contribution in [1.29, 1.82) is 0 Å². The maximum absolute atomic E-state index is 12.9. The molecule has 0 spiro atoms. The number of nitrogens with zero attached hydrogens (tertiary/aromatic N) is 2. The summed E-state index contributed by atoms with van der Waals surface area (Å²) in [6, 6.07) is 11.3. The van der Waals surface area contributed by atoms with Gasteiger partial charge in [0.25, 0.3) is 5.91 Å². The van der Waals surface area contributed by atoms with Gasteiger partial charge in [-0.25, -0.2) is 0 Å². The molecule has 1 aliphatic carbocycles. The number of likely N-dealkylation sites (tertiary alicyclic amines) is 1. The molecule has 1 saturated heterocycles. The smallest absolute Gasteiger partial charge is 0.276 e. The summed E-state index contributed by atoms with van der Waals surface area (Å²) in [4.78, 5) is 26.9. The first-order chi connectivity index (χ1) is 11.7. The minimum atomic E-state index is -0.120. The summed E-state index contributed by atoms with van der Waals surface area (Å²) in [6.45, 7) is 0.492. The lowest BCUT2D eigenvalue weighted by molar-refractivity contribution is -0.129. The highest BCUT2D eigenvalue weighted by atomic mass is 16.5. The molecule has 1 aromatic heterocycles. The van der Waals surface area contributed by atoms with E-state index in [-0.39, 0.29) is 17.9 Å². The third-order valence-corrected chi connectivity index (χ3v) is 5.19. The number of piperidine rings is 1. The number of carbonyl (C=O) groups excluding carboxylic acids is 2. The quantitative estimate of drug-likeness (QED) is 0.850. The average molecular weight is 324 g/mol. The molecule has 124 valence electrons. The zero-order valence-electron chi connectivity index (χ0n) is 13.5. The number of ketones is 1. The number of aromatic nitrogens is 1. The van der Waals surface area contributed by atoms with Crippen molar-refractivity contribution in [3.8, 4) is 11.3 Å². The van der Waals surface area contributed by atoms with Crippen LogP contribution in [0.3, 0.4) is 0 Å². The Morgan fingerprint density at radius 2 is 1.96 bits per heavy atom. The molecule has 1 amide bonds. The van der Waals surface area contributed by atoms with Crippen LogP contribution in [0.2, 0.25) is 0 Å². The molecule has 4 rings (SSSR count). The predicted octanol–water partition coefficient (Wildman–Crippen LogP) is 3.32. The van der Waals surface area contributed by atoms with Crippen LogP contribution in [0, 0.1) is 5.92 Å². The highest BCUT2D eigenvalue weighted by Crippen LogP contribution is 2.34. The van der Waals surface area contributed by atoms with Gasteiger partial charge in [-0.1, -0.05) is 48.3 Å². The van der Waals surface area contributed by atoms with Crippen molar-refractivity contribution < 1.29 is 14.1 Å². The van der Waals surface area contributed by atoms with E-state index in [2.05, 4.69) is 5.16 Å². The number of hydrogen-bond acceptors (Lipinski definition) is 4. The number of carbonyl (C=O) groups is 2. The second-order valence-corrected chi connectivity index (χ2v) is 6.62. The van der Waals surface area contributed by atoms with Crippen LogP contribution >= 0.6 is 0 Å². The van der Waals surface area contributed by atoms with Crippen LogP contribution in [0.5, 0.6) is 0 Å². The second-order valence-electron chi connectivity index (χ2n) is 6.62. The first kappa shape index (κ1) is 15.1. The zero-order valence-corrected chi connectivity index (χ0v) is 13.5. The molecule has 24 heavy (non-hydrogen) atoms. The maximum Gasteiger partial charge on any atom is 0.276 e. The molecule has 5 nitrogen and oxygen atoms in total. The first-order valence-corrected chi connectivity index (χ1v) is 8.60. The van der Waals surface area contributed by atoms with Gasteiger partial charge in [0, 0.05) is 36.6 Å². The summed E-state index contributed by atoms with van der Waals surface area (Å²) >= 11 is 0. The van der Waals surface area contributed by atoms with Crippen LogP contribution in [0.15, 0.2) is 40.9 Å². The molecule has 1 aliphatic heterocycles. The van der Waals surface area contributed by atoms with Crippen molar-refractivity contribution in [2.45, 2.75) is 38.1 Å². The molecule has 2 heterocycles. The lowest BCUT2D eigenvalue weighted by Gasteiger charge is -2.42. The molecule has 2 fully saturated rings. The van der Waals surface area contributed by atoms with Gasteiger partial charge < -0.3 is 9.42 Å². The molecule has 2 aromatic rings. The predicted molar refractivity (Wildman–Crippen MR) is 88.3 cm³/mol. The number of benzene rings is 1. The Labute approximate surface area is 140 Å². The summed E-state index contributed by atoms with van der Waals surface area (Å²) in [5.74, 6) is 0.795. The van der Waals surface area contributed by atoms with Crippen LogP contribution in [-0.4, -0.2) is 34.3 Å². The SMILES string of the molecule is O=C1CCN(C(=O)c2cc(-c3ccccc3)on2)C2CCCCC12. The monoisotopic (exact) mass is 324 g/mol. The summed E-state index contributed by atoms with van der Waals surface area (Å²) in [6.07, 6.45) is 4.42. The van der Waals surface area contributed by atoms with Crippen LogP contribution in [-0.2, 0) is 4.79 Å². The van der Waals surface area contributed by atoms with Crippen molar-refractivity contribution in [3.63, 3.8) is 0 Å². The molecular weight excluding hydrogens is 304 g/mol. The second kappa shape index (κ2) is 6.23. The fraction of sp³-hybridized carbons (Fsp3) is 0.421. The van der Waals surface area contributed by atoms with E-state index in [0.717, 1.165) is 31.2 Å². The van der Waals surface area contributed by atoms with Crippen molar-refractivity contribution >= 4 is 11.7 Å². The van der Waals surface area contributed by atoms with Gasteiger partial charge in [0.15, 0.2) is 11.5 Å². The maximum atomic E-state index is 12.9. The highest BCUT2D eigenvalue weighted by Gasteiger charge is 2.41. The van der Waals surface area contributed by atoms with Gasteiger partial charge in [-0.15, -0.1) is 0 Å². The topological polar surface area (TPSA) is 63.4 Å². The Morgan fingerprint density at radius 3 is 2.79 bits per heavy atom. The third-order valence-electron chi connectivity index (χ3n) is 5.19. The normalized spacial score (nSPS) is 23.8. The summed E-state index contributed by atoms with van der Waals surface area (Å²) in [7, 11) is 0. The Hall–Kier alpha value is -2.43. The molecule has 0 bridgehead atoms. The third kappa shape index (κ3) is 2.64. The largest absolute Gasteiger partial charge is 0.355 e. The Bertz CT molecular complexity index is 753. The minimum Gasteiger partial charge on any atom is -0.355 e. The van der Waals surface area contributed by atoms with E-state index >= 15 is 0 Å². The van der Waals surface area contributed by atoms with Crippen LogP contribution in [0.4, 0.5) is 0 Å². The van der Waals surface area contributed by atoms with Crippen LogP contribution in [0.1, 0.15) is 42.6 Å². The molecule has 2 unspecified atom stereocenters. The molecule has 5 heteroatoms. The fourth-order valence-corrected chi connectivity index (χ4v) is 3.96. The van der Waals surface area contributed by atoms with E-state index in [1.165, 1.54) is 0 Å². The van der Waals surface area contributed by atoms with E-state index in [1.54, 1.807) is 6.07 Å². The Morgan fingerprint density at radius 1 is 1.17 bits per heavy atom. The van der Waals surface area contributed by atoms with Gasteiger partial charge in [-0.2, -0.15) is 0 Å². The van der Waals surface area contributed by atoms with Gasteiger partial charge in [0.2, 0.25) is 0 Å². The van der Waals surface area contributed by atoms with Crippen LogP contribution in [0.25, 0.3) is 11.3 Å². The molecular formula is C19H20N2O3. The summed E-state index contributed by atoms with van der Waals surface area (Å²) in [5.41, 5.74) is 1.22. The molecule has 0 radical (unpaired) electrons. The number of amides is 1. The van der Waals surface area contributed by atoms with Gasteiger partial charge in [0.05, 0.1) is 0 Å². The number of Topliss-reactive ketones (excluding diaryl/α,β-unsaturated/α-hetero) is 1. The molecule has 1 aromatic carbocycles. The van der Waals surface area contributed by atoms with Gasteiger partial charge in [-0.05, 0) is 12.8 Å². The lowest BCUT2D eigenvalue weighted by atomic mass is 9.77. The molecule has 1 saturated carbocycles. The van der Waals surface area contributed by atoms with Gasteiger partial charge in [-0.3, -0.25) is 9.59 Å². The standard InChI is InChI=1S/C19H20N2O3/c22-17-10-11-21(16-9-5-4-8-14(16)17)19(23)15-12-18(24-20-15)13-6-2-1-3-7-13/h1-3,6-7,12,14,16H,4-5,8-11H2. The minimum absolute atomic E-state index is 0.0111. The highest BCUT2D eigenvalue weighted by molar-refractivity contribution is 5.95. The average Bonchev–Trinajstić information content (AvgIpc) is 3.13. The zero-order chi connectivity index (χ0) is 16.5. The van der Waals surface area contributed by atoms with E-state index in [0.29, 0.717) is 30.2 Å². The number of fused-ring (bicyclic) bond motifs is 1. The van der Waals surface area contributed by atoms with E-state index in [9.17, 15) is 9.59 Å². The van der Waals surface area contributed by atoms with Gasteiger partial charge in [0.1, 0.15) is 5.78 Å². The Kier molecular flexibility index (Phi) is 3.92. The molecule has 0 N–H and O–H groups in total. The van der Waals surface area contributed by atoms with Crippen molar-refractivity contribution in [1.82, 2.24) is 10.1 Å². The van der Waals surface area contributed by atoms with E-state index in [4.69, 9.17) is 4.52 Å². The van der Waals surface area contributed by atoms with Crippen molar-refractivity contribution in [2.24, 2.45) is 5.92 Å². The van der Waals surface area contributed by atoms with E-state index in [1.807, 2.05) is 35.2 Å². The van der Waals surface area contributed by atoms with E-state index < -0.39 is 0 Å². The molecule has 2 aliphatic rings. The van der Waals surface area contributed by atoms with Crippen LogP contribution < -0.4 is 0 Å². The summed E-state index contributed by atoms with van der Waals surface area (Å²) in [5, 5.41) is 3.97. The Balaban J connectivity index is 1.57. The lowest BCUT2D eigenvalue weighted by Crippen LogP contribution is -2.53. The van der Waals surface area contributed by atoms with Crippen molar-refractivity contribution in [3.05, 3.63) is 42.1 Å². The van der Waals surface area contributed by atoms with Gasteiger partial charge >= 0.3 is 0 Å². The fourth-order valence-electron chi connectivity index (χ4n) is 3.96. The molecule has 2 atom stereocenters.